The quantitative estimate of drug-likeness (QED) is 0.623. The SMILES string of the molecule is COc1ccc(B2OC(C)(C)C(C)(C)O2)c(C(=O)c2ccc(F)cc2)c1. The van der Waals surface area contributed by atoms with E-state index in [-0.39, 0.29) is 5.78 Å². The van der Waals surface area contributed by atoms with Crippen molar-refractivity contribution in [3.8, 4) is 5.75 Å². The summed E-state index contributed by atoms with van der Waals surface area (Å²) >= 11 is 0. The number of ether oxygens (including phenoxy) is 1. The maximum Gasteiger partial charge on any atom is 0.495 e. The highest BCUT2D eigenvalue weighted by atomic mass is 19.1. The lowest BCUT2D eigenvalue weighted by Crippen LogP contribution is -2.41. The van der Waals surface area contributed by atoms with Crippen LogP contribution in [0.1, 0.15) is 43.6 Å². The van der Waals surface area contributed by atoms with E-state index in [4.69, 9.17) is 14.0 Å². The minimum absolute atomic E-state index is 0.242. The molecule has 1 fully saturated rings. The lowest BCUT2D eigenvalue weighted by atomic mass is 9.74. The van der Waals surface area contributed by atoms with Crippen molar-refractivity contribution >= 4 is 18.4 Å². The standard InChI is InChI=1S/C20H22BFO4/c1-19(2)20(3,4)26-21(25-19)17-11-10-15(24-5)12-16(17)18(23)13-6-8-14(22)9-7-13/h6-12H,1-5H3. The molecule has 1 saturated heterocycles. The molecule has 0 N–H and O–H groups in total. The highest BCUT2D eigenvalue weighted by molar-refractivity contribution is 6.64. The highest BCUT2D eigenvalue weighted by Crippen LogP contribution is 2.37. The Labute approximate surface area is 153 Å². The molecule has 0 saturated carbocycles. The summed E-state index contributed by atoms with van der Waals surface area (Å²) in [6.45, 7) is 7.83. The first-order valence-corrected chi connectivity index (χ1v) is 8.48. The van der Waals surface area contributed by atoms with Gasteiger partial charge in [0.05, 0.1) is 18.3 Å². The lowest BCUT2D eigenvalue weighted by molar-refractivity contribution is 0.00578. The van der Waals surface area contributed by atoms with Crippen LogP contribution in [0.15, 0.2) is 42.5 Å². The van der Waals surface area contributed by atoms with Gasteiger partial charge in [0.2, 0.25) is 0 Å². The van der Waals surface area contributed by atoms with Crippen molar-refractivity contribution in [1.29, 1.82) is 0 Å². The number of methoxy groups -OCH3 is 1. The molecule has 1 aliphatic heterocycles. The van der Waals surface area contributed by atoms with Crippen LogP contribution in [0.3, 0.4) is 0 Å². The first kappa shape index (κ1) is 18.6. The van der Waals surface area contributed by atoms with Crippen molar-refractivity contribution < 1.29 is 23.2 Å². The van der Waals surface area contributed by atoms with Crippen molar-refractivity contribution in [1.82, 2.24) is 0 Å². The minimum atomic E-state index is -0.676. The highest BCUT2D eigenvalue weighted by Gasteiger charge is 2.52. The summed E-state index contributed by atoms with van der Waals surface area (Å²) in [6.07, 6.45) is 0. The van der Waals surface area contributed by atoms with Gasteiger partial charge in [0.15, 0.2) is 5.78 Å². The number of carbonyl (C=O) groups excluding carboxylic acids is 1. The first-order chi connectivity index (χ1) is 12.1. The Balaban J connectivity index is 2.04. The van der Waals surface area contributed by atoms with Crippen molar-refractivity contribution in [3.05, 3.63) is 59.4 Å². The van der Waals surface area contributed by atoms with Crippen LogP contribution in [-0.2, 0) is 9.31 Å². The predicted octanol–water partition coefficient (Wildman–Crippen LogP) is 3.36. The van der Waals surface area contributed by atoms with Gasteiger partial charge in [-0.05, 0) is 69.6 Å². The Morgan fingerprint density at radius 3 is 2.12 bits per heavy atom. The van der Waals surface area contributed by atoms with E-state index in [0.717, 1.165) is 0 Å². The Hall–Kier alpha value is -2.18. The van der Waals surface area contributed by atoms with E-state index in [1.54, 1.807) is 18.2 Å². The fourth-order valence-electron chi connectivity index (χ4n) is 2.79. The van der Waals surface area contributed by atoms with Crippen LogP contribution in [0, 0.1) is 5.82 Å². The summed E-state index contributed by atoms with van der Waals surface area (Å²) < 4.78 is 30.6. The molecule has 6 heteroatoms. The van der Waals surface area contributed by atoms with Gasteiger partial charge in [0.1, 0.15) is 11.6 Å². The van der Waals surface area contributed by atoms with E-state index >= 15 is 0 Å². The molecule has 3 rings (SSSR count). The molecule has 136 valence electrons. The molecular weight excluding hydrogens is 334 g/mol. The minimum Gasteiger partial charge on any atom is -0.497 e. The van der Waals surface area contributed by atoms with Gasteiger partial charge in [-0.15, -0.1) is 0 Å². The van der Waals surface area contributed by atoms with E-state index in [9.17, 15) is 9.18 Å². The zero-order valence-corrected chi connectivity index (χ0v) is 15.6. The Bertz CT molecular complexity index is 814. The number of benzene rings is 2. The van der Waals surface area contributed by atoms with Gasteiger partial charge in [-0.1, -0.05) is 6.07 Å². The predicted molar refractivity (Wildman–Crippen MR) is 98.5 cm³/mol. The molecule has 26 heavy (non-hydrogen) atoms. The van der Waals surface area contributed by atoms with Gasteiger partial charge in [-0.2, -0.15) is 0 Å². The summed E-state index contributed by atoms with van der Waals surface area (Å²) in [5.74, 6) is -0.0808. The summed E-state index contributed by atoms with van der Waals surface area (Å²) in [4.78, 5) is 13.0. The van der Waals surface area contributed by atoms with Crippen LogP contribution in [0.5, 0.6) is 5.75 Å². The average Bonchev–Trinajstić information content (AvgIpc) is 2.82. The van der Waals surface area contributed by atoms with E-state index in [0.29, 0.717) is 22.3 Å². The number of hydrogen-bond donors (Lipinski definition) is 0. The summed E-state index contributed by atoms with van der Waals surface area (Å²) in [5.41, 5.74) is 0.382. The molecule has 0 bridgehead atoms. The van der Waals surface area contributed by atoms with E-state index in [2.05, 4.69) is 0 Å². The van der Waals surface area contributed by atoms with Crippen LogP contribution in [0.2, 0.25) is 0 Å². The third-order valence-corrected chi connectivity index (χ3v) is 5.12. The fraction of sp³-hybridized carbons (Fsp3) is 0.350. The number of halogens is 1. The number of ketones is 1. The maximum atomic E-state index is 13.2. The Morgan fingerprint density at radius 2 is 1.58 bits per heavy atom. The first-order valence-electron chi connectivity index (χ1n) is 8.48. The maximum absolute atomic E-state index is 13.2. The van der Waals surface area contributed by atoms with E-state index in [1.807, 2.05) is 27.7 Å². The second-order valence-corrected chi connectivity index (χ2v) is 7.38. The fourth-order valence-corrected chi connectivity index (χ4v) is 2.79. The van der Waals surface area contributed by atoms with Crippen LogP contribution < -0.4 is 10.2 Å². The molecule has 0 radical (unpaired) electrons. The zero-order valence-electron chi connectivity index (χ0n) is 15.6. The van der Waals surface area contributed by atoms with Gasteiger partial charge in [0.25, 0.3) is 0 Å². The summed E-state index contributed by atoms with van der Waals surface area (Å²) in [7, 11) is 0.862. The van der Waals surface area contributed by atoms with Gasteiger partial charge < -0.3 is 14.0 Å². The van der Waals surface area contributed by atoms with Gasteiger partial charge in [0, 0.05) is 11.1 Å². The normalized spacial score (nSPS) is 18.0. The van der Waals surface area contributed by atoms with Crippen molar-refractivity contribution in [3.63, 3.8) is 0 Å². The Morgan fingerprint density at radius 1 is 1.00 bits per heavy atom. The van der Waals surface area contributed by atoms with E-state index < -0.39 is 24.1 Å². The molecule has 1 heterocycles. The lowest BCUT2D eigenvalue weighted by Gasteiger charge is -2.32. The zero-order chi connectivity index (χ0) is 19.1. The molecule has 4 nitrogen and oxygen atoms in total. The molecule has 0 amide bonds. The largest absolute Gasteiger partial charge is 0.497 e. The third kappa shape index (κ3) is 3.27. The van der Waals surface area contributed by atoms with Crippen LogP contribution in [-0.4, -0.2) is 31.2 Å². The topological polar surface area (TPSA) is 44.8 Å². The molecule has 2 aromatic carbocycles. The molecule has 2 aromatic rings. The number of carbonyl (C=O) groups is 1. The van der Waals surface area contributed by atoms with E-state index in [1.165, 1.54) is 31.4 Å². The molecule has 0 unspecified atom stereocenters. The number of rotatable bonds is 4. The summed E-state index contributed by atoms with van der Waals surface area (Å²) in [5, 5.41) is 0. The third-order valence-electron chi connectivity index (χ3n) is 5.12. The average molecular weight is 356 g/mol. The van der Waals surface area contributed by atoms with Crippen molar-refractivity contribution in [2.75, 3.05) is 7.11 Å². The monoisotopic (exact) mass is 356 g/mol. The molecule has 1 aliphatic rings. The van der Waals surface area contributed by atoms with Gasteiger partial charge in [-0.25, -0.2) is 4.39 Å². The molecule has 0 spiro atoms. The van der Waals surface area contributed by atoms with Crippen LogP contribution in [0.25, 0.3) is 0 Å². The molecule has 0 aromatic heterocycles. The molecular formula is C20H22BFO4. The second-order valence-electron chi connectivity index (χ2n) is 7.38. The second kappa shape index (κ2) is 6.52. The van der Waals surface area contributed by atoms with Crippen LogP contribution >= 0.6 is 0 Å². The Kier molecular flexibility index (Phi) is 4.67. The van der Waals surface area contributed by atoms with Gasteiger partial charge in [-0.3, -0.25) is 4.79 Å². The smallest absolute Gasteiger partial charge is 0.495 e. The number of hydrogen-bond acceptors (Lipinski definition) is 4. The summed E-state index contributed by atoms with van der Waals surface area (Å²) in [6, 6.07) is 10.7. The van der Waals surface area contributed by atoms with Gasteiger partial charge >= 0.3 is 7.12 Å². The van der Waals surface area contributed by atoms with Crippen LogP contribution in [0.4, 0.5) is 4.39 Å². The molecule has 0 atom stereocenters. The molecule has 0 aliphatic carbocycles. The van der Waals surface area contributed by atoms with Crippen molar-refractivity contribution in [2.45, 2.75) is 38.9 Å². The van der Waals surface area contributed by atoms with Crippen molar-refractivity contribution in [2.24, 2.45) is 0 Å².